The lowest BCUT2D eigenvalue weighted by Gasteiger charge is -2.02. The topological polar surface area (TPSA) is 81.9 Å². The first-order valence-electron chi connectivity index (χ1n) is 6.13. The van der Waals surface area contributed by atoms with Crippen LogP contribution in [0.25, 0.3) is 0 Å². The maximum atomic E-state index is 11.7. The van der Waals surface area contributed by atoms with E-state index in [4.69, 9.17) is 11.6 Å². The van der Waals surface area contributed by atoms with E-state index in [1.54, 1.807) is 18.2 Å². The van der Waals surface area contributed by atoms with Crippen LogP contribution in [0.3, 0.4) is 0 Å². The molecular weight excluding hydrogens is 292 g/mol. The van der Waals surface area contributed by atoms with Gasteiger partial charge in [-0.1, -0.05) is 23.7 Å². The van der Waals surface area contributed by atoms with Crippen LogP contribution in [0.4, 0.5) is 0 Å². The van der Waals surface area contributed by atoms with Crippen molar-refractivity contribution >= 4 is 23.7 Å². The zero-order valence-electron chi connectivity index (χ0n) is 11.0. The standard InChI is InChI=1S/C15H13ClN2O3/c16-14-8-13(20)5-4-11(14)9-17-18-15(21)7-10-2-1-3-12(19)6-10/h1-6,8-9,19-20H,7H2,(H,18,21). The van der Waals surface area contributed by atoms with Gasteiger partial charge in [0, 0.05) is 5.56 Å². The van der Waals surface area contributed by atoms with Gasteiger partial charge < -0.3 is 10.2 Å². The molecule has 0 aliphatic rings. The van der Waals surface area contributed by atoms with Gasteiger partial charge in [-0.25, -0.2) is 5.43 Å². The van der Waals surface area contributed by atoms with Gasteiger partial charge in [-0.2, -0.15) is 5.10 Å². The number of phenols is 2. The lowest BCUT2D eigenvalue weighted by Crippen LogP contribution is -2.19. The van der Waals surface area contributed by atoms with E-state index >= 15 is 0 Å². The molecule has 0 radical (unpaired) electrons. The van der Waals surface area contributed by atoms with Crippen LogP contribution in [0.2, 0.25) is 5.02 Å². The summed E-state index contributed by atoms with van der Waals surface area (Å²) < 4.78 is 0. The summed E-state index contributed by atoms with van der Waals surface area (Å²) in [4.78, 5) is 11.7. The normalized spacial score (nSPS) is 10.7. The van der Waals surface area contributed by atoms with Crippen LogP contribution in [0, 0.1) is 0 Å². The zero-order chi connectivity index (χ0) is 15.2. The molecule has 0 bridgehead atoms. The van der Waals surface area contributed by atoms with Crippen LogP contribution in [0.5, 0.6) is 11.5 Å². The first kappa shape index (κ1) is 14.9. The molecule has 0 aliphatic carbocycles. The highest BCUT2D eigenvalue weighted by Gasteiger charge is 2.03. The highest BCUT2D eigenvalue weighted by atomic mass is 35.5. The number of carbonyl (C=O) groups is 1. The Kier molecular flexibility index (Phi) is 4.79. The molecule has 0 unspecified atom stereocenters. The Labute approximate surface area is 126 Å². The summed E-state index contributed by atoms with van der Waals surface area (Å²) in [7, 11) is 0. The van der Waals surface area contributed by atoms with Crippen LogP contribution in [-0.2, 0) is 11.2 Å². The quantitative estimate of drug-likeness (QED) is 0.599. The first-order chi connectivity index (χ1) is 10.0. The minimum atomic E-state index is -0.313. The summed E-state index contributed by atoms with van der Waals surface area (Å²) in [6, 6.07) is 10.9. The Balaban J connectivity index is 1.93. The Bertz CT molecular complexity index is 686. The Hall–Kier alpha value is -2.53. The Morgan fingerprint density at radius 3 is 2.67 bits per heavy atom. The van der Waals surface area contributed by atoms with Crippen molar-refractivity contribution in [1.82, 2.24) is 5.43 Å². The number of hydrazone groups is 1. The molecule has 2 aromatic rings. The Morgan fingerprint density at radius 2 is 1.95 bits per heavy atom. The molecular formula is C15H13ClN2O3. The third kappa shape index (κ3) is 4.50. The lowest BCUT2D eigenvalue weighted by molar-refractivity contribution is -0.120. The van der Waals surface area contributed by atoms with Gasteiger partial charge >= 0.3 is 0 Å². The van der Waals surface area contributed by atoms with Gasteiger partial charge in [0.1, 0.15) is 11.5 Å². The summed E-state index contributed by atoms with van der Waals surface area (Å²) in [6.45, 7) is 0. The van der Waals surface area contributed by atoms with Gasteiger partial charge in [0.05, 0.1) is 17.7 Å². The van der Waals surface area contributed by atoms with E-state index in [0.717, 1.165) is 0 Å². The third-order valence-corrected chi connectivity index (χ3v) is 2.98. The predicted molar refractivity (Wildman–Crippen MR) is 80.7 cm³/mol. The van der Waals surface area contributed by atoms with Crippen molar-refractivity contribution in [2.75, 3.05) is 0 Å². The van der Waals surface area contributed by atoms with E-state index < -0.39 is 0 Å². The van der Waals surface area contributed by atoms with E-state index in [-0.39, 0.29) is 23.8 Å². The summed E-state index contributed by atoms with van der Waals surface area (Å²) >= 11 is 5.90. The molecule has 2 rings (SSSR count). The van der Waals surface area contributed by atoms with Gasteiger partial charge in [-0.05, 0) is 35.9 Å². The average Bonchev–Trinajstić information content (AvgIpc) is 2.41. The fourth-order valence-electron chi connectivity index (χ4n) is 1.69. The van der Waals surface area contributed by atoms with Crippen LogP contribution in [-0.4, -0.2) is 22.3 Å². The van der Waals surface area contributed by atoms with Crippen LogP contribution in [0.1, 0.15) is 11.1 Å². The zero-order valence-corrected chi connectivity index (χ0v) is 11.7. The van der Waals surface area contributed by atoms with Crippen molar-refractivity contribution in [3.8, 4) is 11.5 Å². The molecule has 6 heteroatoms. The van der Waals surface area contributed by atoms with Crippen molar-refractivity contribution in [2.45, 2.75) is 6.42 Å². The molecule has 0 aliphatic heterocycles. The predicted octanol–water partition coefficient (Wildman–Crippen LogP) is 2.44. The van der Waals surface area contributed by atoms with Gasteiger partial charge in [0.25, 0.3) is 0 Å². The van der Waals surface area contributed by atoms with E-state index in [9.17, 15) is 15.0 Å². The molecule has 0 saturated heterocycles. The maximum Gasteiger partial charge on any atom is 0.244 e. The van der Waals surface area contributed by atoms with E-state index in [1.165, 1.54) is 30.5 Å². The number of benzene rings is 2. The largest absolute Gasteiger partial charge is 0.508 e. The van der Waals surface area contributed by atoms with Crippen molar-refractivity contribution < 1.29 is 15.0 Å². The molecule has 0 saturated carbocycles. The SMILES string of the molecule is O=C(Cc1cccc(O)c1)NN=Cc1ccc(O)cc1Cl. The molecule has 0 spiro atoms. The molecule has 0 heterocycles. The van der Waals surface area contributed by atoms with Gasteiger partial charge in [0.2, 0.25) is 5.91 Å². The maximum absolute atomic E-state index is 11.7. The van der Waals surface area contributed by atoms with Crippen molar-refractivity contribution in [1.29, 1.82) is 0 Å². The van der Waals surface area contributed by atoms with Crippen molar-refractivity contribution in [3.05, 3.63) is 58.6 Å². The van der Waals surface area contributed by atoms with E-state index in [1.807, 2.05) is 0 Å². The van der Waals surface area contributed by atoms with Crippen LogP contribution in [0.15, 0.2) is 47.6 Å². The molecule has 108 valence electrons. The number of rotatable bonds is 4. The molecule has 1 amide bonds. The van der Waals surface area contributed by atoms with Gasteiger partial charge in [0.15, 0.2) is 0 Å². The highest BCUT2D eigenvalue weighted by molar-refractivity contribution is 6.33. The molecule has 0 atom stereocenters. The van der Waals surface area contributed by atoms with Crippen LogP contribution >= 0.6 is 11.6 Å². The number of nitrogens with one attached hydrogen (secondary N) is 1. The Morgan fingerprint density at radius 1 is 1.19 bits per heavy atom. The van der Waals surface area contributed by atoms with Gasteiger partial charge in [-0.3, -0.25) is 4.79 Å². The molecule has 5 nitrogen and oxygen atoms in total. The lowest BCUT2D eigenvalue weighted by atomic mass is 10.1. The molecule has 21 heavy (non-hydrogen) atoms. The smallest absolute Gasteiger partial charge is 0.244 e. The average molecular weight is 305 g/mol. The van der Waals surface area contributed by atoms with E-state index in [2.05, 4.69) is 10.5 Å². The number of phenolic OH excluding ortho intramolecular Hbond substituents is 2. The number of nitrogens with zero attached hydrogens (tertiary/aromatic N) is 1. The summed E-state index contributed by atoms with van der Waals surface area (Å²) in [5, 5.41) is 22.7. The number of carbonyl (C=O) groups excluding carboxylic acids is 1. The monoisotopic (exact) mass is 304 g/mol. The second-order valence-corrected chi connectivity index (χ2v) is 4.75. The fraction of sp³-hybridized carbons (Fsp3) is 0.0667. The molecule has 3 N–H and O–H groups in total. The number of aromatic hydroxyl groups is 2. The van der Waals surface area contributed by atoms with E-state index in [0.29, 0.717) is 16.1 Å². The van der Waals surface area contributed by atoms with Gasteiger partial charge in [-0.15, -0.1) is 0 Å². The fourth-order valence-corrected chi connectivity index (χ4v) is 1.91. The number of hydrogen-bond donors (Lipinski definition) is 3. The number of amides is 1. The van der Waals surface area contributed by atoms with Crippen molar-refractivity contribution in [2.24, 2.45) is 5.10 Å². The second-order valence-electron chi connectivity index (χ2n) is 4.35. The molecule has 0 fully saturated rings. The second kappa shape index (κ2) is 6.76. The first-order valence-corrected chi connectivity index (χ1v) is 6.51. The molecule has 2 aromatic carbocycles. The number of halogens is 1. The minimum absolute atomic E-state index is 0.0603. The molecule has 0 aromatic heterocycles. The summed E-state index contributed by atoms with van der Waals surface area (Å²) in [5.74, 6) is -0.142. The van der Waals surface area contributed by atoms with Crippen molar-refractivity contribution in [3.63, 3.8) is 0 Å². The third-order valence-electron chi connectivity index (χ3n) is 2.65. The summed E-state index contributed by atoms with van der Waals surface area (Å²) in [6.07, 6.45) is 1.50. The summed E-state index contributed by atoms with van der Waals surface area (Å²) in [5.41, 5.74) is 3.63. The number of hydrogen-bond acceptors (Lipinski definition) is 4. The van der Waals surface area contributed by atoms with Crippen LogP contribution < -0.4 is 5.43 Å². The minimum Gasteiger partial charge on any atom is -0.508 e. The highest BCUT2D eigenvalue weighted by Crippen LogP contribution is 2.19.